The van der Waals surface area contributed by atoms with Crippen LogP contribution in [0.15, 0.2) is 45.6 Å². The lowest BCUT2D eigenvalue weighted by Gasteiger charge is -2.18. The van der Waals surface area contributed by atoms with Crippen molar-refractivity contribution in [3.8, 4) is 17.2 Å². The van der Waals surface area contributed by atoms with Crippen LogP contribution in [0.2, 0.25) is 0 Å². The molecule has 0 spiro atoms. The number of rotatable bonds is 5. The number of carbonyl (C=O) groups is 1. The standard InChI is InChI=1S/C23H23FN4O5/c1-28-19-8-14(4-5-20(19)33-23(28)31)13-2-3-15(18(24)7-13)6-16(9-25)27-22(30)21-11-26-10-17(29)12-32-21/h2-5,7-8,16-17,21,26,29H,6,10-12H2,1H3,(H,27,30)/t16?,17-,21+/m1/s1. The van der Waals surface area contributed by atoms with Crippen molar-refractivity contribution in [2.24, 2.45) is 7.05 Å². The monoisotopic (exact) mass is 454 g/mol. The van der Waals surface area contributed by atoms with Crippen LogP contribution in [0.3, 0.4) is 0 Å². The van der Waals surface area contributed by atoms with E-state index >= 15 is 0 Å². The number of hydrogen-bond acceptors (Lipinski definition) is 7. The smallest absolute Gasteiger partial charge is 0.408 e. The molecule has 1 fully saturated rings. The van der Waals surface area contributed by atoms with Gasteiger partial charge in [0.05, 0.1) is 24.3 Å². The van der Waals surface area contributed by atoms with Gasteiger partial charge in [0.15, 0.2) is 5.58 Å². The molecule has 33 heavy (non-hydrogen) atoms. The minimum absolute atomic E-state index is 0.0111. The van der Waals surface area contributed by atoms with Crippen molar-refractivity contribution in [2.75, 3.05) is 19.7 Å². The third-order valence-corrected chi connectivity index (χ3v) is 5.57. The number of amides is 1. The summed E-state index contributed by atoms with van der Waals surface area (Å²) in [5.41, 5.74) is 2.61. The Bertz CT molecular complexity index is 1280. The van der Waals surface area contributed by atoms with E-state index in [-0.39, 0.29) is 25.1 Å². The SMILES string of the molecule is Cn1c(=O)oc2ccc(-c3ccc(CC(C#N)NC(=O)[C@@H]4CNC[C@@H](O)CO4)c(F)c3)cc21. The number of nitriles is 1. The van der Waals surface area contributed by atoms with Crippen LogP contribution in [0.4, 0.5) is 4.39 Å². The molecule has 172 valence electrons. The average Bonchev–Trinajstić information content (AvgIpc) is 2.95. The first-order valence-electron chi connectivity index (χ1n) is 10.4. The van der Waals surface area contributed by atoms with Gasteiger partial charge in [-0.25, -0.2) is 9.18 Å². The Balaban J connectivity index is 1.47. The zero-order valence-electron chi connectivity index (χ0n) is 17.9. The lowest BCUT2D eigenvalue weighted by Crippen LogP contribution is -2.46. The molecule has 1 aliphatic heterocycles. The summed E-state index contributed by atoms with van der Waals surface area (Å²) in [4.78, 5) is 24.1. The fourth-order valence-corrected chi connectivity index (χ4v) is 3.71. The summed E-state index contributed by atoms with van der Waals surface area (Å²) < 4.78 is 26.7. The highest BCUT2D eigenvalue weighted by atomic mass is 19.1. The highest BCUT2D eigenvalue weighted by Gasteiger charge is 2.26. The van der Waals surface area contributed by atoms with E-state index in [9.17, 15) is 24.3 Å². The highest BCUT2D eigenvalue weighted by molar-refractivity contribution is 5.82. The number of carbonyl (C=O) groups excluding carboxylic acids is 1. The molecule has 1 amide bonds. The number of β-amino-alcohol motifs (C(OH)–C–C–N with tert-alkyl or cyclic N) is 1. The Morgan fingerprint density at radius 2 is 2.09 bits per heavy atom. The number of aryl methyl sites for hydroxylation is 1. The molecule has 1 aliphatic rings. The molecular formula is C23H23FN4O5. The maximum Gasteiger partial charge on any atom is 0.419 e. The predicted octanol–water partition coefficient (Wildman–Crippen LogP) is 0.838. The van der Waals surface area contributed by atoms with Crippen molar-refractivity contribution in [3.63, 3.8) is 0 Å². The number of aliphatic hydroxyl groups is 1. The Morgan fingerprint density at radius 1 is 1.33 bits per heavy atom. The van der Waals surface area contributed by atoms with Gasteiger partial charge >= 0.3 is 5.76 Å². The zero-order valence-corrected chi connectivity index (χ0v) is 17.9. The van der Waals surface area contributed by atoms with Gasteiger partial charge in [-0.3, -0.25) is 9.36 Å². The fraction of sp³-hybridized carbons (Fsp3) is 0.348. The van der Waals surface area contributed by atoms with Gasteiger partial charge in [0, 0.05) is 26.6 Å². The number of oxazole rings is 1. The number of aromatic nitrogens is 1. The molecule has 2 aromatic carbocycles. The topological polar surface area (TPSA) is 130 Å². The van der Waals surface area contributed by atoms with Gasteiger partial charge in [0.2, 0.25) is 0 Å². The summed E-state index contributed by atoms with van der Waals surface area (Å²) in [6.45, 7) is 0.529. The second-order valence-electron chi connectivity index (χ2n) is 7.94. The number of aliphatic hydroxyl groups excluding tert-OH is 1. The average molecular weight is 454 g/mol. The van der Waals surface area contributed by atoms with Crippen LogP contribution in [0, 0.1) is 17.1 Å². The summed E-state index contributed by atoms with van der Waals surface area (Å²) in [6.07, 6.45) is -1.58. The van der Waals surface area contributed by atoms with Crippen molar-refractivity contribution < 1.29 is 23.4 Å². The maximum absolute atomic E-state index is 14.9. The molecule has 0 aliphatic carbocycles. The molecule has 3 atom stereocenters. The third kappa shape index (κ3) is 4.96. The Kier molecular flexibility index (Phi) is 6.55. The molecule has 3 N–H and O–H groups in total. The van der Waals surface area contributed by atoms with E-state index in [1.807, 2.05) is 6.07 Å². The van der Waals surface area contributed by atoms with Gasteiger partial charge in [0.25, 0.3) is 5.91 Å². The zero-order chi connectivity index (χ0) is 23.5. The van der Waals surface area contributed by atoms with E-state index in [1.54, 1.807) is 37.4 Å². The second kappa shape index (κ2) is 9.54. The Labute approximate surface area is 188 Å². The number of ether oxygens (including phenoxy) is 1. The van der Waals surface area contributed by atoms with Crippen molar-refractivity contribution in [1.29, 1.82) is 5.26 Å². The number of benzene rings is 2. The van der Waals surface area contributed by atoms with Gasteiger partial charge < -0.3 is 24.9 Å². The first kappa shape index (κ1) is 22.7. The molecule has 1 aromatic heterocycles. The van der Waals surface area contributed by atoms with Crippen LogP contribution < -0.4 is 16.4 Å². The lowest BCUT2D eigenvalue weighted by atomic mass is 10.00. The van der Waals surface area contributed by atoms with Crippen molar-refractivity contribution >= 4 is 17.0 Å². The van der Waals surface area contributed by atoms with Crippen molar-refractivity contribution in [1.82, 2.24) is 15.2 Å². The van der Waals surface area contributed by atoms with Crippen molar-refractivity contribution in [3.05, 3.63) is 58.3 Å². The van der Waals surface area contributed by atoms with E-state index in [0.29, 0.717) is 28.8 Å². The molecule has 9 nitrogen and oxygen atoms in total. The summed E-state index contributed by atoms with van der Waals surface area (Å²) in [5, 5.41) is 24.5. The van der Waals surface area contributed by atoms with Crippen LogP contribution >= 0.6 is 0 Å². The largest absolute Gasteiger partial charge is 0.419 e. The van der Waals surface area contributed by atoms with Crippen molar-refractivity contribution in [2.45, 2.75) is 24.7 Å². The predicted molar refractivity (Wildman–Crippen MR) is 117 cm³/mol. The van der Waals surface area contributed by atoms with Crippen LogP contribution in [0.25, 0.3) is 22.2 Å². The van der Waals surface area contributed by atoms with Gasteiger partial charge in [-0.1, -0.05) is 18.2 Å². The third-order valence-electron chi connectivity index (χ3n) is 5.57. The number of nitrogens with one attached hydrogen (secondary N) is 2. The van der Waals surface area contributed by atoms with E-state index in [1.165, 1.54) is 10.6 Å². The molecule has 10 heteroatoms. The Morgan fingerprint density at radius 3 is 2.85 bits per heavy atom. The number of nitrogens with zero attached hydrogens (tertiary/aromatic N) is 2. The van der Waals surface area contributed by atoms with E-state index < -0.39 is 35.7 Å². The van der Waals surface area contributed by atoms with E-state index in [4.69, 9.17) is 9.15 Å². The molecular weight excluding hydrogens is 431 g/mol. The maximum atomic E-state index is 14.9. The molecule has 0 bridgehead atoms. The highest BCUT2D eigenvalue weighted by Crippen LogP contribution is 2.26. The van der Waals surface area contributed by atoms with Gasteiger partial charge in [-0.15, -0.1) is 0 Å². The molecule has 1 saturated heterocycles. The lowest BCUT2D eigenvalue weighted by molar-refractivity contribution is -0.133. The first-order chi connectivity index (χ1) is 15.9. The second-order valence-corrected chi connectivity index (χ2v) is 7.94. The van der Waals surface area contributed by atoms with Gasteiger partial charge in [-0.2, -0.15) is 5.26 Å². The van der Waals surface area contributed by atoms with Crippen LogP contribution in [0.5, 0.6) is 0 Å². The molecule has 0 saturated carbocycles. The number of halogens is 1. The summed E-state index contributed by atoms with van der Waals surface area (Å²) >= 11 is 0. The van der Waals surface area contributed by atoms with Crippen LogP contribution in [0.1, 0.15) is 5.56 Å². The van der Waals surface area contributed by atoms with E-state index in [2.05, 4.69) is 10.6 Å². The van der Waals surface area contributed by atoms with Crippen LogP contribution in [-0.2, 0) is 23.0 Å². The molecule has 4 rings (SSSR count). The minimum atomic E-state index is -0.952. The molecule has 2 heterocycles. The minimum Gasteiger partial charge on any atom is -0.408 e. The number of fused-ring (bicyclic) bond motifs is 1. The molecule has 1 unspecified atom stereocenters. The number of hydrogen-bond donors (Lipinski definition) is 3. The van der Waals surface area contributed by atoms with Gasteiger partial charge in [-0.05, 0) is 34.9 Å². The fourth-order valence-electron chi connectivity index (χ4n) is 3.71. The molecule has 0 radical (unpaired) electrons. The normalized spacial score (nSPS) is 19.6. The summed E-state index contributed by atoms with van der Waals surface area (Å²) in [7, 11) is 1.59. The molecule has 3 aromatic rings. The first-order valence-corrected chi connectivity index (χ1v) is 10.4. The quantitative estimate of drug-likeness (QED) is 0.521. The van der Waals surface area contributed by atoms with E-state index in [0.717, 1.165) is 0 Å². The Hall–Kier alpha value is -3.52. The summed E-state index contributed by atoms with van der Waals surface area (Å²) in [5.74, 6) is -1.49. The van der Waals surface area contributed by atoms with Crippen LogP contribution in [-0.4, -0.2) is 53.5 Å². The van der Waals surface area contributed by atoms with Gasteiger partial charge in [0.1, 0.15) is 18.0 Å². The summed E-state index contributed by atoms with van der Waals surface area (Å²) in [6, 6.07) is 10.8.